The molecule has 0 spiro atoms. The lowest BCUT2D eigenvalue weighted by atomic mass is 10.1. The number of sulfonamides is 1. The van der Waals surface area contributed by atoms with Gasteiger partial charge in [0.1, 0.15) is 17.5 Å². The molecule has 2 N–H and O–H groups in total. The smallest absolute Gasteiger partial charge is 0.242 e. The van der Waals surface area contributed by atoms with Crippen LogP contribution in [0.4, 0.5) is 5.69 Å². The fraction of sp³-hybridized carbons (Fsp3) is 0.0741. The minimum Gasteiger partial charge on any atom is -0.457 e. The number of halogens is 1. The largest absolute Gasteiger partial charge is 0.457 e. The third kappa shape index (κ3) is 7.02. The molecule has 4 aromatic carbocycles. The maximum absolute atomic E-state index is 13.2. The summed E-state index contributed by atoms with van der Waals surface area (Å²) in [6.45, 7) is 0. The molecule has 6 nitrogen and oxygen atoms in total. The van der Waals surface area contributed by atoms with Crippen molar-refractivity contribution >= 4 is 37.5 Å². The van der Waals surface area contributed by atoms with E-state index in [1.54, 1.807) is 36.4 Å². The Labute approximate surface area is 213 Å². The fourth-order valence-electron chi connectivity index (χ4n) is 3.37. The standard InChI is InChI=1S/C27H23BrN2O4S/c28-21-11-17-25(18-12-21)35(32,33)30-26(19-20-7-3-1-4-8-20)27(31)29-22-13-15-24(16-14-22)34-23-9-5-2-6-10-23/h1-18,26,30H,19H2,(H,29,31)/t26-/m1/s1. The molecule has 0 fully saturated rings. The van der Waals surface area contributed by atoms with E-state index < -0.39 is 22.0 Å². The quantitative estimate of drug-likeness (QED) is 0.277. The Balaban J connectivity index is 1.50. The van der Waals surface area contributed by atoms with E-state index in [0.717, 1.165) is 10.0 Å². The molecule has 0 heterocycles. The number of hydrogen-bond acceptors (Lipinski definition) is 4. The van der Waals surface area contributed by atoms with Crippen LogP contribution in [-0.2, 0) is 21.2 Å². The van der Waals surface area contributed by atoms with Gasteiger partial charge in [0.25, 0.3) is 0 Å². The zero-order valence-electron chi connectivity index (χ0n) is 18.6. The van der Waals surface area contributed by atoms with Gasteiger partial charge in [-0.15, -0.1) is 0 Å². The van der Waals surface area contributed by atoms with Crippen molar-refractivity contribution < 1.29 is 17.9 Å². The molecule has 4 rings (SSSR count). The van der Waals surface area contributed by atoms with Gasteiger partial charge in [-0.2, -0.15) is 4.72 Å². The third-order valence-electron chi connectivity index (χ3n) is 5.12. The number of rotatable bonds is 9. The number of anilines is 1. The van der Waals surface area contributed by atoms with Crippen molar-refractivity contribution in [3.63, 3.8) is 0 Å². The molecular weight excluding hydrogens is 528 g/mol. The topological polar surface area (TPSA) is 84.5 Å². The van der Waals surface area contributed by atoms with Crippen LogP contribution in [0.1, 0.15) is 5.56 Å². The van der Waals surface area contributed by atoms with Crippen LogP contribution in [0.3, 0.4) is 0 Å². The predicted octanol–water partition coefficient (Wildman–Crippen LogP) is 5.77. The van der Waals surface area contributed by atoms with Crippen molar-refractivity contribution in [2.24, 2.45) is 0 Å². The Hall–Kier alpha value is -3.46. The van der Waals surface area contributed by atoms with E-state index in [2.05, 4.69) is 26.0 Å². The van der Waals surface area contributed by atoms with Gasteiger partial charge in [-0.05, 0) is 72.6 Å². The number of ether oxygens (including phenoxy) is 1. The lowest BCUT2D eigenvalue weighted by molar-refractivity contribution is -0.117. The SMILES string of the molecule is O=C(Nc1ccc(Oc2ccccc2)cc1)[C@@H](Cc1ccccc1)NS(=O)(=O)c1ccc(Br)cc1. The number of carbonyl (C=O) groups is 1. The fourth-order valence-corrected chi connectivity index (χ4v) is 4.83. The molecule has 0 saturated heterocycles. The van der Waals surface area contributed by atoms with Gasteiger partial charge in [0, 0.05) is 10.2 Å². The van der Waals surface area contributed by atoms with Gasteiger partial charge in [-0.25, -0.2) is 8.42 Å². The number of benzene rings is 4. The zero-order chi connectivity index (χ0) is 24.7. The van der Waals surface area contributed by atoms with Crippen LogP contribution >= 0.6 is 15.9 Å². The maximum atomic E-state index is 13.2. The van der Waals surface area contributed by atoms with E-state index in [0.29, 0.717) is 17.2 Å². The molecule has 1 amide bonds. The van der Waals surface area contributed by atoms with Crippen molar-refractivity contribution in [2.45, 2.75) is 17.4 Å². The van der Waals surface area contributed by atoms with Gasteiger partial charge in [-0.3, -0.25) is 4.79 Å². The van der Waals surface area contributed by atoms with Crippen LogP contribution in [0.15, 0.2) is 119 Å². The molecule has 35 heavy (non-hydrogen) atoms. The van der Waals surface area contributed by atoms with Gasteiger partial charge >= 0.3 is 0 Å². The van der Waals surface area contributed by atoms with Gasteiger partial charge < -0.3 is 10.1 Å². The van der Waals surface area contributed by atoms with Crippen LogP contribution in [0.5, 0.6) is 11.5 Å². The molecule has 178 valence electrons. The van der Waals surface area contributed by atoms with E-state index in [1.807, 2.05) is 60.7 Å². The summed E-state index contributed by atoms with van der Waals surface area (Å²) in [6.07, 6.45) is 0.192. The van der Waals surface area contributed by atoms with Crippen LogP contribution in [-0.4, -0.2) is 20.4 Å². The van der Waals surface area contributed by atoms with Gasteiger partial charge in [0.15, 0.2) is 0 Å². The molecule has 0 aliphatic rings. The highest BCUT2D eigenvalue weighted by molar-refractivity contribution is 9.10. The van der Waals surface area contributed by atoms with Gasteiger partial charge in [0.2, 0.25) is 15.9 Å². The predicted molar refractivity (Wildman–Crippen MR) is 140 cm³/mol. The first kappa shape index (κ1) is 24.7. The molecule has 0 aliphatic heterocycles. The highest BCUT2D eigenvalue weighted by atomic mass is 79.9. The molecule has 0 bridgehead atoms. The summed E-state index contributed by atoms with van der Waals surface area (Å²) in [4.78, 5) is 13.3. The molecule has 8 heteroatoms. The molecule has 0 aliphatic carbocycles. The Kier molecular flexibility index (Phi) is 7.97. The second-order valence-electron chi connectivity index (χ2n) is 7.75. The summed E-state index contributed by atoms with van der Waals surface area (Å²) in [5.41, 5.74) is 1.36. The van der Waals surface area contributed by atoms with Crippen LogP contribution in [0.25, 0.3) is 0 Å². The van der Waals surface area contributed by atoms with Crippen molar-refractivity contribution in [1.29, 1.82) is 0 Å². The molecule has 4 aromatic rings. The van der Waals surface area contributed by atoms with Gasteiger partial charge in [-0.1, -0.05) is 64.5 Å². The number of hydrogen-bond donors (Lipinski definition) is 2. The second kappa shape index (κ2) is 11.3. The summed E-state index contributed by atoms with van der Waals surface area (Å²) >= 11 is 3.30. The van der Waals surface area contributed by atoms with Crippen LogP contribution in [0.2, 0.25) is 0 Å². The zero-order valence-corrected chi connectivity index (χ0v) is 21.0. The highest BCUT2D eigenvalue weighted by Crippen LogP contribution is 2.23. The number of para-hydroxylation sites is 1. The molecule has 0 saturated carbocycles. The first-order chi connectivity index (χ1) is 16.9. The Bertz CT molecular complexity index is 1360. The number of nitrogens with one attached hydrogen (secondary N) is 2. The summed E-state index contributed by atoms with van der Waals surface area (Å²) in [5, 5.41) is 2.81. The monoisotopic (exact) mass is 550 g/mol. The van der Waals surface area contributed by atoms with Crippen molar-refractivity contribution in [2.75, 3.05) is 5.32 Å². The molecular formula is C27H23BrN2O4S. The Morgan fingerprint density at radius 1 is 0.771 bits per heavy atom. The molecule has 0 unspecified atom stereocenters. The summed E-state index contributed by atoms with van der Waals surface area (Å²) in [6, 6.07) is 30.7. The number of carbonyl (C=O) groups excluding carboxylic acids is 1. The summed E-state index contributed by atoms with van der Waals surface area (Å²) in [7, 11) is -3.93. The third-order valence-corrected chi connectivity index (χ3v) is 7.14. The van der Waals surface area contributed by atoms with E-state index >= 15 is 0 Å². The van der Waals surface area contributed by atoms with Crippen molar-refractivity contribution in [3.8, 4) is 11.5 Å². The summed E-state index contributed by atoms with van der Waals surface area (Å²) in [5.74, 6) is 0.854. The van der Waals surface area contributed by atoms with E-state index in [4.69, 9.17) is 4.74 Å². The average Bonchev–Trinajstić information content (AvgIpc) is 2.86. The normalized spacial score (nSPS) is 12.0. The highest BCUT2D eigenvalue weighted by Gasteiger charge is 2.26. The lowest BCUT2D eigenvalue weighted by Gasteiger charge is -2.19. The van der Waals surface area contributed by atoms with Crippen LogP contribution < -0.4 is 14.8 Å². The van der Waals surface area contributed by atoms with E-state index in [9.17, 15) is 13.2 Å². The molecule has 1 atom stereocenters. The summed E-state index contributed by atoms with van der Waals surface area (Å²) < 4.78 is 35.1. The molecule has 0 aromatic heterocycles. The van der Waals surface area contributed by atoms with Gasteiger partial charge in [0.05, 0.1) is 4.90 Å². The van der Waals surface area contributed by atoms with Crippen molar-refractivity contribution in [3.05, 3.63) is 119 Å². The first-order valence-corrected chi connectivity index (χ1v) is 13.1. The first-order valence-electron chi connectivity index (χ1n) is 10.8. The molecule has 0 radical (unpaired) electrons. The average molecular weight is 551 g/mol. The van der Waals surface area contributed by atoms with Crippen LogP contribution in [0, 0.1) is 0 Å². The minimum absolute atomic E-state index is 0.0778. The Morgan fingerprint density at radius 2 is 1.34 bits per heavy atom. The minimum atomic E-state index is -3.93. The number of amides is 1. The van der Waals surface area contributed by atoms with Crippen molar-refractivity contribution in [1.82, 2.24) is 4.72 Å². The lowest BCUT2D eigenvalue weighted by Crippen LogP contribution is -2.45. The Morgan fingerprint density at radius 3 is 1.97 bits per heavy atom. The van der Waals surface area contributed by atoms with E-state index in [-0.39, 0.29) is 11.3 Å². The van der Waals surface area contributed by atoms with E-state index in [1.165, 1.54) is 12.1 Å². The maximum Gasteiger partial charge on any atom is 0.242 e. The second-order valence-corrected chi connectivity index (χ2v) is 10.4.